The largest absolute Gasteiger partial charge is 0.475 e. The monoisotopic (exact) mass is 788 g/mol. The van der Waals surface area contributed by atoms with Gasteiger partial charge in [-0.1, -0.05) is 48.4 Å². The lowest BCUT2D eigenvalue weighted by Crippen LogP contribution is -2.48. The van der Waals surface area contributed by atoms with E-state index in [2.05, 4.69) is 22.4 Å². The lowest BCUT2D eigenvalue weighted by molar-refractivity contribution is 0.0139. The van der Waals surface area contributed by atoms with Crippen LogP contribution >= 0.6 is 0 Å². The minimum atomic E-state index is -0.775. The average molecular weight is 789 g/mol. The molecule has 0 saturated carbocycles. The molecule has 2 N–H and O–H groups in total. The van der Waals surface area contributed by atoms with Crippen LogP contribution in [0.3, 0.4) is 0 Å². The van der Waals surface area contributed by atoms with Gasteiger partial charge in [-0.05, 0) is 43.7 Å². The Labute approximate surface area is 333 Å². The first-order chi connectivity index (χ1) is 28.2. The summed E-state index contributed by atoms with van der Waals surface area (Å²) < 4.78 is 56.5. The number of rotatable bonds is 8. The van der Waals surface area contributed by atoms with Crippen molar-refractivity contribution >= 4 is 39.4 Å². The predicted molar refractivity (Wildman–Crippen MR) is 213 cm³/mol. The molecule has 2 aromatic carbocycles. The fourth-order valence-electron chi connectivity index (χ4n) is 8.98. The molecule has 3 aromatic heterocycles. The number of anilines is 2. The molecule has 3 fully saturated rings. The molecular weight excluding hydrogens is 747 g/mol. The summed E-state index contributed by atoms with van der Waals surface area (Å²) in [5.41, 5.74) is 7.76. The Hall–Kier alpha value is -6.11. The summed E-state index contributed by atoms with van der Waals surface area (Å²) >= 11 is 0. The molecule has 58 heavy (non-hydrogen) atoms. The highest BCUT2D eigenvalue weighted by molar-refractivity contribution is 6.03. The van der Waals surface area contributed by atoms with E-state index in [1.807, 2.05) is 17.9 Å². The molecule has 4 aliphatic heterocycles. The van der Waals surface area contributed by atoms with Crippen molar-refractivity contribution in [1.82, 2.24) is 29.7 Å². The number of aromatic nitrogens is 4. The molecule has 0 aliphatic carbocycles. The van der Waals surface area contributed by atoms with Crippen LogP contribution in [-0.4, -0.2) is 107 Å². The second kappa shape index (κ2) is 15.0. The second-order valence-electron chi connectivity index (χ2n) is 15.2. The number of halogens is 2. The Balaban J connectivity index is 1.11. The fourth-order valence-corrected chi connectivity index (χ4v) is 8.98. The van der Waals surface area contributed by atoms with Crippen molar-refractivity contribution in [3.8, 4) is 35.5 Å². The van der Waals surface area contributed by atoms with Gasteiger partial charge in [0.05, 0.1) is 36.9 Å². The van der Waals surface area contributed by atoms with Crippen molar-refractivity contribution in [2.45, 2.75) is 43.8 Å². The smallest absolute Gasteiger partial charge is 0.409 e. The Morgan fingerprint density at radius 2 is 1.95 bits per heavy atom. The van der Waals surface area contributed by atoms with Crippen LogP contribution in [0.4, 0.5) is 25.2 Å². The molecule has 7 heterocycles. The highest BCUT2D eigenvalue weighted by Gasteiger charge is 2.51. The summed E-state index contributed by atoms with van der Waals surface area (Å²) in [7, 11) is 0. The minimum Gasteiger partial charge on any atom is -0.475 e. The van der Waals surface area contributed by atoms with Gasteiger partial charge in [0, 0.05) is 48.4 Å². The number of morpholine rings is 1. The Bertz CT molecular complexity index is 2510. The lowest BCUT2D eigenvalue weighted by atomic mass is 9.94. The van der Waals surface area contributed by atoms with E-state index < -0.39 is 17.2 Å². The molecule has 9 rings (SSSR count). The van der Waals surface area contributed by atoms with Gasteiger partial charge < -0.3 is 34.5 Å². The lowest BCUT2D eigenvalue weighted by Gasteiger charge is -2.34. The number of nitrogen functional groups attached to an aromatic ring is 1. The third-order valence-corrected chi connectivity index (χ3v) is 11.8. The van der Waals surface area contributed by atoms with Gasteiger partial charge in [0.2, 0.25) is 5.88 Å². The molecule has 1 amide bonds. The summed E-state index contributed by atoms with van der Waals surface area (Å²) in [5, 5.41) is 1.21. The zero-order chi connectivity index (χ0) is 40.1. The summed E-state index contributed by atoms with van der Waals surface area (Å²) in [4.78, 5) is 37.5. The van der Waals surface area contributed by atoms with Gasteiger partial charge in [0.15, 0.2) is 5.82 Å². The maximum atomic E-state index is 17.4. The molecule has 3 saturated heterocycles. The zero-order valence-corrected chi connectivity index (χ0v) is 32.0. The quantitative estimate of drug-likeness (QED) is 0.145. The topological polar surface area (TPSA) is 141 Å². The van der Waals surface area contributed by atoms with Crippen molar-refractivity contribution in [1.29, 1.82) is 0 Å². The third kappa shape index (κ3) is 6.46. The van der Waals surface area contributed by atoms with Gasteiger partial charge in [-0.3, -0.25) is 4.90 Å². The van der Waals surface area contributed by atoms with Crippen LogP contribution < -0.4 is 20.1 Å². The van der Waals surface area contributed by atoms with Crippen LogP contribution in [0.5, 0.6) is 11.9 Å². The second-order valence-corrected chi connectivity index (χ2v) is 15.2. The normalized spacial score (nSPS) is 21.1. The van der Waals surface area contributed by atoms with E-state index in [0.29, 0.717) is 68.2 Å². The summed E-state index contributed by atoms with van der Waals surface area (Å²) in [6, 6.07) is 11.3. The van der Waals surface area contributed by atoms with E-state index in [4.69, 9.17) is 46.1 Å². The molecule has 15 heteroatoms. The van der Waals surface area contributed by atoms with Gasteiger partial charge >= 0.3 is 12.1 Å². The maximum Gasteiger partial charge on any atom is 0.409 e. The fraction of sp³-hybridized carbons (Fsp3) is 0.372. The number of fused-ring (bicyclic) bond motifs is 2. The Morgan fingerprint density at radius 1 is 1.10 bits per heavy atom. The molecule has 0 bridgehead atoms. The SMILES string of the molecule is C#Cc1c(F)ccc2cccc(-c3nc4c5c(nc(OC[C@@]67CC[C@@H](COC(=O)N8CCOCC8)N6CC(=C)C7)nc5c3F)N([C@@H](C)c3cccnc3N)CCO4)c12. The van der Waals surface area contributed by atoms with Crippen molar-refractivity contribution in [2.75, 3.05) is 69.8 Å². The number of benzene rings is 2. The average Bonchev–Trinajstić information content (AvgIpc) is 3.67. The Kier molecular flexibility index (Phi) is 9.69. The third-order valence-electron chi connectivity index (χ3n) is 11.8. The number of hydrogen-bond acceptors (Lipinski definition) is 12. The van der Waals surface area contributed by atoms with E-state index in [0.717, 1.165) is 24.0 Å². The standard InChI is InChI=1S/C43H42F2N8O5/c1-4-29-32(44)11-10-27-7-5-8-31(33(27)29)36-35(45)37-34-39(52(17-20-56-40(34)48-36)26(3)30-9-6-14-47-38(30)46)50-41(49-37)58-24-43-13-12-28(53(43)22-25(2)21-43)23-57-42(54)51-15-18-55-19-16-51/h1,5-11,14,26,28H,2,12-13,15-24H2,3H3,(H2,46,47)/t26-,28-,43-/m0/s1. The van der Waals surface area contributed by atoms with Crippen LogP contribution in [0.2, 0.25) is 0 Å². The zero-order valence-electron chi connectivity index (χ0n) is 32.0. The van der Waals surface area contributed by atoms with Gasteiger partial charge in [0.25, 0.3) is 0 Å². The van der Waals surface area contributed by atoms with Gasteiger partial charge in [-0.2, -0.15) is 9.97 Å². The number of pyridine rings is 2. The number of nitrogens with zero attached hydrogens (tertiary/aromatic N) is 7. The first-order valence-corrected chi connectivity index (χ1v) is 19.4. The van der Waals surface area contributed by atoms with Crippen LogP contribution in [0.15, 0.2) is 60.8 Å². The van der Waals surface area contributed by atoms with E-state index in [1.165, 1.54) is 6.07 Å². The number of terminal acetylenes is 1. The molecule has 3 atom stereocenters. The number of amides is 1. The van der Waals surface area contributed by atoms with E-state index >= 15 is 8.78 Å². The molecule has 4 aliphatic rings. The first-order valence-electron chi connectivity index (χ1n) is 19.4. The molecule has 0 spiro atoms. The number of ether oxygens (including phenoxy) is 4. The van der Waals surface area contributed by atoms with Crippen molar-refractivity contribution in [2.24, 2.45) is 0 Å². The van der Waals surface area contributed by atoms with E-state index in [9.17, 15) is 4.79 Å². The summed E-state index contributed by atoms with van der Waals surface area (Å²) in [6.07, 6.45) is 9.27. The maximum absolute atomic E-state index is 17.4. The highest BCUT2D eigenvalue weighted by atomic mass is 19.1. The van der Waals surface area contributed by atoms with Crippen LogP contribution in [0, 0.1) is 24.0 Å². The van der Waals surface area contributed by atoms with E-state index in [1.54, 1.807) is 41.4 Å². The Morgan fingerprint density at radius 3 is 2.76 bits per heavy atom. The molecule has 5 aromatic rings. The van der Waals surface area contributed by atoms with Crippen LogP contribution in [0.1, 0.15) is 43.4 Å². The predicted octanol–water partition coefficient (Wildman–Crippen LogP) is 6.05. The van der Waals surface area contributed by atoms with Gasteiger partial charge in [-0.15, -0.1) is 6.42 Å². The highest BCUT2D eigenvalue weighted by Crippen LogP contribution is 2.46. The number of carbonyl (C=O) groups is 1. The number of nitrogens with two attached hydrogens (primary N) is 1. The first kappa shape index (κ1) is 37.5. The van der Waals surface area contributed by atoms with Gasteiger partial charge in [-0.25, -0.2) is 23.5 Å². The van der Waals surface area contributed by atoms with Crippen LogP contribution in [-0.2, 0) is 9.47 Å². The van der Waals surface area contributed by atoms with E-state index in [-0.39, 0.29) is 77.6 Å². The summed E-state index contributed by atoms with van der Waals surface area (Å²) in [6.45, 7) is 9.77. The summed E-state index contributed by atoms with van der Waals surface area (Å²) in [5.74, 6) is 1.87. The molecule has 0 unspecified atom stereocenters. The van der Waals surface area contributed by atoms with Crippen LogP contribution in [0.25, 0.3) is 32.9 Å². The molecule has 13 nitrogen and oxygen atoms in total. The molecule has 0 radical (unpaired) electrons. The molecule has 298 valence electrons. The van der Waals surface area contributed by atoms with Crippen molar-refractivity contribution < 1.29 is 32.5 Å². The van der Waals surface area contributed by atoms with Gasteiger partial charge in [0.1, 0.15) is 53.9 Å². The molecular formula is C43H42F2N8O5. The minimum absolute atomic E-state index is 0.00432. The van der Waals surface area contributed by atoms with Crippen molar-refractivity contribution in [3.05, 3.63) is 83.6 Å². The van der Waals surface area contributed by atoms with Crippen molar-refractivity contribution in [3.63, 3.8) is 0 Å². The number of carbonyl (C=O) groups excluding carboxylic acids is 1. The number of hydrogen-bond donors (Lipinski definition) is 1.